The quantitative estimate of drug-likeness (QED) is 0.922. The van der Waals surface area contributed by atoms with Crippen LogP contribution in [0.2, 0.25) is 5.02 Å². The van der Waals surface area contributed by atoms with Crippen molar-refractivity contribution >= 4 is 17.5 Å². The van der Waals surface area contributed by atoms with Gasteiger partial charge in [-0.25, -0.2) is 0 Å². The zero-order valence-electron chi connectivity index (χ0n) is 11.9. The summed E-state index contributed by atoms with van der Waals surface area (Å²) in [4.78, 5) is 12.3. The molecule has 21 heavy (non-hydrogen) atoms. The highest BCUT2D eigenvalue weighted by atomic mass is 35.5. The molecule has 1 amide bonds. The number of amides is 1. The number of carbonyl (C=O) groups excluding carboxylic acids is 1. The molecule has 2 aromatic rings. The number of benzene rings is 2. The first-order chi connectivity index (χ1) is 10.2. The molecule has 0 spiro atoms. The second-order valence-electron chi connectivity index (χ2n) is 4.35. The molecule has 0 fully saturated rings. The molecule has 2 rings (SSSR count). The minimum absolute atomic E-state index is 0.251. The highest BCUT2D eigenvalue weighted by molar-refractivity contribution is 6.30. The molecule has 0 aliphatic rings. The van der Waals surface area contributed by atoms with E-state index < -0.39 is 0 Å². The zero-order valence-corrected chi connectivity index (χ0v) is 12.6. The second kappa shape index (κ2) is 6.99. The number of methoxy groups -OCH3 is 2. The van der Waals surface area contributed by atoms with Crippen LogP contribution in [0.3, 0.4) is 0 Å². The van der Waals surface area contributed by atoms with E-state index in [1.165, 1.54) is 14.2 Å². The van der Waals surface area contributed by atoms with E-state index in [-0.39, 0.29) is 5.91 Å². The van der Waals surface area contributed by atoms with Gasteiger partial charge in [-0.1, -0.05) is 29.8 Å². The van der Waals surface area contributed by atoms with Crippen LogP contribution in [-0.2, 0) is 6.54 Å². The van der Waals surface area contributed by atoms with Crippen molar-refractivity contribution in [1.29, 1.82) is 0 Å². The van der Waals surface area contributed by atoms with Crippen molar-refractivity contribution in [2.45, 2.75) is 6.54 Å². The summed E-state index contributed by atoms with van der Waals surface area (Å²) in [6.07, 6.45) is 0. The Kier molecular flexibility index (Phi) is 5.06. The van der Waals surface area contributed by atoms with Crippen LogP contribution < -0.4 is 14.8 Å². The fraction of sp³-hybridized carbons (Fsp3) is 0.188. The van der Waals surface area contributed by atoms with Gasteiger partial charge in [-0.3, -0.25) is 4.79 Å². The van der Waals surface area contributed by atoms with Crippen LogP contribution in [0.5, 0.6) is 11.5 Å². The molecule has 0 aromatic heterocycles. The molecule has 0 radical (unpaired) electrons. The van der Waals surface area contributed by atoms with E-state index in [9.17, 15) is 4.79 Å². The first-order valence-corrected chi connectivity index (χ1v) is 6.77. The lowest BCUT2D eigenvalue weighted by molar-refractivity contribution is 0.0944. The Morgan fingerprint density at radius 1 is 1.05 bits per heavy atom. The minimum Gasteiger partial charge on any atom is -0.496 e. The zero-order chi connectivity index (χ0) is 15.2. The van der Waals surface area contributed by atoms with E-state index in [1.807, 2.05) is 12.1 Å². The summed E-state index contributed by atoms with van der Waals surface area (Å²) in [5, 5.41) is 3.51. The maximum atomic E-state index is 12.3. The van der Waals surface area contributed by atoms with Crippen molar-refractivity contribution in [1.82, 2.24) is 5.32 Å². The van der Waals surface area contributed by atoms with E-state index in [1.54, 1.807) is 30.3 Å². The third kappa shape index (κ3) is 3.67. The topological polar surface area (TPSA) is 47.6 Å². The van der Waals surface area contributed by atoms with Crippen molar-refractivity contribution < 1.29 is 14.3 Å². The summed E-state index contributed by atoms with van der Waals surface area (Å²) >= 11 is 5.83. The van der Waals surface area contributed by atoms with Crippen LogP contribution in [0.4, 0.5) is 0 Å². The maximum Gasteiger partial charge on any atom is 0.259 e. The molecule has 5 heteroatoms. The predicted molar refractivity (Wildman–Crippen MR) is 82.2 cm³/mol. The summed E-state index contributed by atoms with van der Waals surface area (Å²) < 4.78 is 10.4. The van der Waals surface area contributed by atoms with E-state index in [0.29, 0.717) is 28.6 Å². The van der Waals surface area contributed by atoms with E-state index >= 15 is 0 Å². The number of nitrogens with one attached hydrogen (secondary N) is 1. The van der Waals surface area contributed by atoms with Gasteiger partial charge in [-0.05, 0) is 29.8 Å². The summed E-state index contributed by atoms with van der Waals surface area (Å²) in [6, 6.07) is 12.5. The van der Waals surface area contributed by atoms with Gasteiger partial charge < -0.3 is 14.8 Å². The van der Waals surface area contributed by atoms with E-state index in [4.69, 9.17) is 21.1 Å². The third-order valence-corrected chi connectivity index (χ3v) is 3.27. The molecule has 0 aliphatic heterocycles. The average Bonchev–Trinajstić information content (AvgIpc) is 2.53. The lowest BCUT2D eigenvalue weighted by atomic mass is 10.1. The second-order valence-corrected chi connectivity index (χ2v) is 4.78. The molecule has 0 saturated heterocycles. The fourth-order valence-corrected chi connectivity index (χ4v) is 2.07. The number of ether oxygens (including phenoxy) is 2. The predicted octanol–water partition coefficient (Wildman–Crippen LogP) is 3.29. The van der Waals surface area contributed by atoms with E-state index in [0.717, 1.165) is 5.56 Å². The normalized spacial score (nSPS) is 10.0. The maximum absolute atomic E-state index is 12.3. The van der Waals surface area contributed by atoms with Crippen LogP contribution in [0.15, 0.2) is 42.5 Å². The van der Waals surface area contributed by atoms with Crippen LogP contribution in [0.25, 0.3) is 0 Å². The van der Waals surface area contributed by atoms with Gasteiger partial charge in [-0.2, -0.15) is 0 Å². The Morgan fingerprint density at radius 3 is 2.14 bits per heavy atom. The largest absolute Gasteiger partial charge is 0.496 e. The highest BCUT2D eigenvalue weighted by Gasteiger charge is 2.17. The molecular formula is C16H16ClNO3. The molecule has 110 valence electrons. The SMILES string of the molecule is COc1cccc(OC)c1C(=O)NCc1ccc(Cl)cc1. The number of carbonyl (C=O) groups is 1. The highest BCUT2D eigenvalue weighted by Crippen LogP contribution is 2.28. The van der Waals surface area contributed by atoms with Gasteiger partial charge in [0.2, 0.25) is 0 Å². The molecule has 0 bridgehead atoms. The van der Waals surface area contributed by atoms with E-state index in [2.05, 4.69) is 5.32 Å². The Hall–Kier alpha value is -2.20. The summed E-state index contributed by atoms with van der Waals surface area (Å²) in [5.74, 6) is 0.699. The number of hydrogen-bond donors (Lipinski definition) is 1. The van der Waals surface area contributed by atoms with Gasteiger partial charge in [0.15, 0.2) is 0 Å². The molecule has 0 aliphatic carbocycles. The van der Waals surface area contributed by atoms with Gasteiger partial charge in [0.1, 0.15) is 17.1 Å². The van der Waals surface area contributed by atoms with Gasteiger partial charge in [-0.15, -0.1) is 0 Å². The molecule has 4 nitrogen and oxygen atoms in total. The van der Waals surface area contributed by atoms with Gasteiger partial charge in [0, 0.05) is 11.6 Å². The third-order valence-electron chi connectivity index (χ3n) is 3.02. The van der Waals surface area contributed by atoms with Crippen LogP contribution in [0.1, 0.15) is 15.9 Å². The molecule has 0 heterocycles. The van der Waals surface area contributed by atoms with Crippen molar-refractivity contribution in [2.75, 3.05) is 14.2 Å². The Morgan fingerprint density at radius 2 is 1.62 bits per heavy atom. The van der Waals surface area contributed by atoms with Crippen molar-refractivity contribution in [2.24, 2.45) is 0 Å². The molecule has 0 saturated carbocycles. The van der Waals surface area contributed by atoms with Crippen LogP contribution >= 0.6 is 11.6 Å². The Bertz CT molecular complexity index is 604. The van der Waals surface area contributed by atoms with Crippen molar-refractivity contribution in [3.05, 3.63) is 58.6 Å². The Balaban J connectivity index is 2.15. The molecule has 2 aromatic carbocycles. The van der Waals surface area contributed by atoms with Crippen LogP contribution in [-0.4, -0.2) is 20.1 Å². The van der Waals surface area contributed by atoms with Gasteiger partial charge in [0.05, 0.1) is 14.2 Å². The minimum atomic E-state index is -0.251. The van der Waals surface area contributed by atoms with Gasteiger partial charge >= 0.3 is 0 Å². The standard InChI is InChI=1S/C16H16ClNO3/c1-20-13-4-3-5-14(21-2)15(13)16(19)18-10-11-6-8-12(17)9-7-11/h3-9H,10H2,1-2H3,(H,18,19). The first-order valence-electron chi connectivity index (χ1n) is 6.39. The van der Waals surface area contributed by atoms with Crippen LogP contribution in [0, 0.1) is 0 Å². The lowest BCUT2D eigenvalue weighted by Crippen LogP contribution is -2.24. The summed E-state index contributed by atoms with van der Waals surface area (Å²) in [5.41, 5.74) is 1.35. The monoisotopic (exact) mass is 305 g/mol. The molecule has 0 unspecified atom stereocenters. The number of halogens is 1. The number of hydrogen-bond acceptors (Lipinski definition) is 3. The first kappa shape index (κ1) is 15.2. The molecule has 1 N–H and O–H groups in total. The fourth-order valence-electron chi connectivity index (χ4n) is 1.95. The lowest BCUT2D eigenvalue weighted by Gasteiger charge is -2.13. The average molecular weight is 306 g/mol. The molecule has 0 atom stereocenters. The Labute approximate surface area is 128 Å². The van der Waals surface area contributed by atoms with Crippen molar-refractivity contribution in [3.8, 4) is 11.5 Å². The molecular weight excluding hydrogens is 290 g/mol. The summed E-state index contributed by atoms with van der Waals surface area (Å²) in [6.45, 7) is 0.400. The van der Waals surface area contributed by atoms with Gasteiger partial charge in [0.25, 0.3) is 5.91 Å². The summed E-state index contributed by atoms with van der Waals surface area (Å²) in [7, 11) is 3.04. The van der Waals surface area contributed by atoms with Crippen molar-refractivity contribution in [3.63, 3.8) is 0 Å². The number of rotatable bonds is 5. The smallest absolute Gasteiger partial charge is 0.259 e.